The van der Waals surface area contributed by atoms with Crippen LogP contribution in [-0.4, -0.2) is 9.78 Å². The van der Waals surface area contributed by atoms with Crippen LogP contribution in [-0.2, 0) is 6.54 Å². The largest absolute Gasteiger partial charge is 0.259 e. The predicted molar refractivity (Wildman–Crippen MR) is 83.5 cm³/mol. The smallest absolute Gasteiger partial charge is 0.123 e. The van der Waals surface area contributed by atoms with Crippen molar-refractivity contribution in [1.82, 2.24) is 9.78 Å². The van der Waals surface area contributed by atoms with E-state index in [-0.39, 0.29) is 5.82 Å². The maximum absolute atomic E-state index is 13.1. The Kier molecular flexibility index (Phi) is 3.72. The number of benzene rings is 1. The number of rotatable bonds is 3. The highest BCUT2D eigenvalue weighted by Crippen LogP contribution is 2.31. The highest BCUT2D eigenvalue weighted by Gasteiger charge is 2.15. The van der Waals surface area contributed by atoms with Crippen LogP contribution in [0.1, 0.15) is 11.3 Å². The van der Waals surface area contributed by atoms with Crippen LogP contribution < -0.4 is 0 Å². The van der Waals surface area contributed by atoms with E-state index in [4.69, 9.17) is 0 Å². The molecule has 2 aromatic heterocycles. The molecule has 0 atom stereocenters. The van der Waals surface area contributed by atoms with E-state index in [1.807, 2.05) is 11.6 Å². The van der Waals surface area contributed by atoms with Crippen LogP contribution in [0.25, 0.3) is 11.3 Å². The Morgan fingerprint density at radius 3 is 2.65 bits per heavy atom. The SMILES string of the molecule is Cc1nn(Cc2ccsc2)c(-c2ccc(F)cc2)c1Br. The first-order valence-corrected chi connectivity index (χ1v) is 7.88. The number of nitrogens with zero attached hydrogens (tertiary/aromatic N) is 2. The van der Waals surface area contributed by atoms with Gasteiger partial charge in [0.05, 0.1) is 22.4 Å². The van der Waals surface area contributed by atoms with Crippen LogP contribution in [0, 0.1) is 12.7 Å². The zero-order chi connectivity index (χ0) is 14.1. The predicted octanol–water partition coefficient (Wildman–Crippen LogP) is 4.87. The Balaban J connectivity index is 2.07. The van der Waals surface area contributed by atoms with Crippen LogP contribution in [0.5, 0.6) is 0 Å². The lowest BCUT2D eigenvalue weighted by Crippen LogP contribution is -2.03. The van der Waals surface area contributed by atoms with Gasteiger partial charge < -0.3 is 0 Å². The fourth-order valence-corrected chi connectivity index (χ4v) is 3.29. The third kappa shape index (κ3) is 2.55. The summed E-state index contributed by atoms with van der Waals surface area (Å²) in [6.07, 6.45) is 0. The summed E-state index contributed by atoms with van der Waals surface area (Å²) < 4.78 is 16.0. The minimum atomic E-state index is -0.231. The summed E-state index contributed by atoms with van der Waals surface area (Å²) in [7, 11) is 0. The molecule has 2 nitrogen and oxygen atoms in total. The molecule has 0 aliphatic rings. The first-order chi connectivity index (χ1) is 9.65. The fourth-order valence-electron chi connectivity index (χ4n) is 2.11. The molecule has 0 saturated carbocycles. The van der Waals surface area contributed by atoms with Gasteiger partial charge in [0.2, 0.25) is 0 Å². The van der Waals surface area contributed by atoms with Crippen LogP contribution in [0.3, 0.4) is 0 Å². The highest BCUT2D eigenvalue weighted by atomic mass is 79.9. The molecule has 0 fully saturated rings. The van der Waals surface area contributed by atoms with E-state index in [1.165, 1.54) is 17.7 Å². The van der Waals surface area contributed by atoms with E-state index >= 15 is 0 Å². The molecule has 3 rings (SSSR count). The average molecular weight is 351 g/mol. The Bertz CT molecular complexity index is 717. The molecule has 102 valence electrons. The molecule has 2 heterocycles. The van der Waals surface area contributed by atoms with E-state index in [0.29, 0.717) is 6.54 Å². The normalized spacial score (nSPS) is 10.9. The van der Waals surface area contributed by atoms with Gasteiger partial charge in [-0.05, 0) is 69.5 Å². The number of hydrogen-bond acceptors (Lipinski definition) is 2. The molecular formula is C15H12BrFN2S. The molecular weight excluding hydrogens is 339 g/mol. The molecule has 0 spiro atoms. The zero-order valence-corrected chi connectivity index (χ0v) is 13.2. The van der Waals surface area contributed by atoms with Crippen LogP contribution in [0.15, 0.2) is 45.6 Å². The van der Waals surface area contributed by atoms with Gasteiger partial charge in [-0.3, -0.25) is 4.68 Å². The fraction of sp³-hybridized carbons (Fsp3) is 0.133. The summed E-state index contributed by atoms with van der Waals surface area (Å²) in [5.74, 6) is -0.231. The Labute approximate surface area is 129 Å². The lowest BCUT2D eigenvalue weighted by atomic mass is 10.1. The van der Waals surface area contributed by atoms with Gasteiger partial charge in [-0.2, -0.15) is 16.4 Å². The first kappa shape index (κ1) is 13.5. The first-order valence-electron chi connectivity index (χ1n) is 6.15. The molecule has 3 aromatic rings. The second-order valence-electron chi connectivity index (χ2n) is 4.54. The standard InChI is InChI=1S/C15H12BrFN2S/c1-10-14(16)15(12-2-4-13(17)5-3-12)19(18-10)8-11-6-7-20-9-11/h2-7,9H,8H2,1H3. The van der Waals surface area contributed by atoms with Crippen LogP contribution in [0.4, 0.5) is 4.39 Å². The van der Waals surface area contributed by atoms with E-state index in [2.05, 4.69) is 37.9 Å². The molecule has 0 N–H and O–H groups in total. The summed E-state index contributed by atoms with van der Waals surface area (Å²) in [6.45, 7) is 2.67. The Morgan fingerprint density at radius 1 is 1.25 bits per heavy atom. The zero-order valence-electron chi connectivity index (χ0n) is 10.8. The van der Waals surface area contributed by atoms with Crippen molar-refractivity contribution in [2.24, 2.45) is 0 Å². The summed E-state index contributed by atoms with van der Waals surface area (Å²) >= 11 is 5.26. The third-order valence-corrected chi connectivity index (χ3v) is 4.77. The van der Waals surface area contributed by atoms with Gasteiger partial charge in [0.15, 0.2) is 0 Å². The van der Waals surface area contributed by atoms with E-state index < -0.39 is 0 Å². The summed E-state index contributed by atoms with van der Waals surface area (Å²) in [6, 6.07) is 8.59. The average Bonchev–Trinajstić information content (AvgIpc) is 3.02. The molecule has 0 bridgehead atoms. The van der Waals surface area contributed by atoms with Gasteiger partial charge in [-0.1, -0.05) is 0 Å². The van der Waals surface area contributed by atoms with Crippen molar-refractivity contribution in [1.29, 1.82) is 0 Å². The van der Waals surface area contributed by atoms with Crippen molar-refractivity contribution in [3.05, 3.63) is 62.6 Å². The number of aromatic nitrogens is 2. The van der Waals surface area contributed by atoms with Gasteiger partial charge in [0.25, 0.3) is 0 Å². The molecule has 0 unspecified atom stereocenters. The number of thiophene rings is 1. The molecule has 20 heavy (non-hydrogen) atoms. The topological polar surface area (TPSA) is 17.8 Å². The van der Waals surface area contributed by atoms with Crippen molar-refractivity contribution < 1.29 is 4.39 Å². The summed E-state index contributed by atoms with van der Waals surface area (Å²) in [5.41, 5.74) is 4.08. The van der Waals surface area contributed by atoms with Crippen molar-refractivity contribution in [3.8, 4) is 11.3 Å². The van der Waals surface area contributed by atoms with Gasteiger partial charge in [0, 0.05) is 5.56 Å². The van der Waals surface area contributed by atoms with Gasteiger partial charge >= 0.3 is 0 Å². The molecule has 5 heteroatoms. The molecule has 0 radical (unpaired) electrons. The number of halogens is 2. The Morgan fingerprint density at radius 2 is 2.00 bits per heavy atom. The monoisotopic (exact) mass is 350 g/mol. The molecule has 1 aromatic carbocycles. The second kappa shape index (κ2) is 5.50. The van der Waals surface area contributed by atoms with Crippen LogP contribution >= 0.6 is 27.3 Å². The number of hydrogen-bond donors (Lipinski definition) is 0. The third-order valence-electron chi connectivity index (χ3n) is 3.08. The molecule has 0 aliphatic heterocycles. The lowest BCUT2D eigenvalue weighted by Gasteiger charge is -2.07. The maximum atomic E-state index is 13.1. The van der Waals surface area contributed by atoms with Crippen molar-refractivity contribution in [3.63, 3.8) is 0 Å². The van der Waals surface area contributed by atoms with E-state index in [1.54, 1.807) is 23.5 Å². The van der Waals surface area contributed by atoms with Crippen LogP contribution in [0.2, 0.25) is 0 Å². The maximum Gasteiger partial charge on any atom is 0.123 e. The highest BCUT2D eigenvalue weighted by molar-refractivity contribution is 9.10. The lowest BCUT2D eigenvalue weighted by molar-refractivity contribution is 0.627. The summed E-state index contributed by atoms with van der Waals surface area (Å²) in [5, 5.41) is 8.73. The van der Waals surface area contributed by atoms with Crippen molar-refractivity contribution >= 4 is 27.3 Å². The minimum Gasteiger partial charge on any atom is -0.259 e. The molecule has 0 saturated heterocycles. The van der Waals surface area contributed by atoms with Gasteiger partial charge in [0.1, 0.15) is 5.82 Å². The van der Waals surface area contributed by atoms with Gasteiger partial charge in [-0.25, -0.2) is 4.39 Å². The molecule has 0 amide bonds. The minimum absolute atomic E-state index is 0.231. The van der Waals surface area contributed by atoms with Crippen molar-refractivity contribution in [2.45, 2.75) is 13.5 Å². The van der Waals surface area contributed by atoms with E-state index in [9.17, 15) is 4.39 Å². The van der Waals surface area contributed by atoms with Gasteiger partial charge in [-0.15, -0.1) is 0 Å². The van der Waals surface area contributed by atoms with Crippen molar-refractivity contribution in [2.75, 3.05) is 0 Å². The molecule has 0 aliphatic carbocycles. The quantitative estimate of drug-likeness (QED) is 0.658. The van der Waals surface area contributed by atoms with E-state index in [0.717, 1.165) is 21.4 Å². The second-order valence-corrected chi connectivity index (χ2v) is 6.12. The Hall–Kier alpha value is -1.46. The summed E-state index contributed by atoms with van der Waals surface area (Å²) in [4.78, 5) is 0. The number of aryl methyl sites for hydroxylation is 1.